The molecule has 0 amide bonds. The van der Waals surface area contributed by atoms with E-state index < -0.39 is 6.30 Å². The van der Waals surface area contributed by atoms with Crippen LogP contribution in [-0.2, 0) is 14.3 Å². The summed E-state index contributed by atoms with van der Waals surface area (Å²) in [5, 5.41) is 0. The maximum atomic E-state index is 13.9. The van der Waals surface area contributed by atoms with Crippen molar-refractivity contribution in [2.45, 2.75) is 164 Å². The summed E-state index contributed by atoms with van der Waals surface area (Å²) >= 11 is 0. The average molecular weight is 582 g/mol. The summed E-state index contributed by atoms with van der Waals surface area (Å²) in [4.78, 5) is 25.4. The summed E-state index contributed by atoms with van der Waals surface area (Å²) in [5.74, 6) is 3.68. The van der Waals surface area contributed by atoms with E-state index in [1.165, 1.54) is 58.5 Å². The fourth-order valence-corrected chi connectivity index (χ4v) is 9.48. The van der Waals surface area contributed by atoms with E-state index in [2.05, 4.69) is 27.7 Å². The monoisotopic (exact) mass is 582 g/mol. The van der Waals surface area contributed by atoms with Crippen molar-refractivity contribution in [2.24, 2.45) is 52.1 Å². The number of nitrogens with two attached hydrogens (primary N) is 1. The number of esters is 1. The van der Waals surface area contributed by atoms with Crippen LogP contribution in [0.5, 0.6) is 0 Å². The Morgan fingerprint density at radius 1 is 0.927 bits per heavy atom. The summed E-state index contributed by atoms with van der Waals surface area (Å²) in [6, 6.07) is 0. The van der Waals surface area contributed by atoms with Gasteiger partial charge in [0.2, 0.25) is 0 Å². The predicted octanol–water partition coefficient (Wildman–Crippen LogP) is 10.1. The van der Waals surface area contributed by atoms with Crippen molar-refractivity contribution in [3.05, 3.63) is 0 Å². The van der Waals surface area contributed by atoms with E-state index in [1.54, 1.807) is 0 Å². The molecule has 242 valence electrons. The number of halogens is 1. The molecule has 4 aliphatic rings. The smallest absolute Gasteiger partial charge is 0.305 e. The number of Topliss-reactive ketones (excluding diaryl/α,β-unsaturated/α-hetero) is 1. The molecule has 0 bridgehead atoms. The van der Waals surface area contributed by atoms with Crippen molar-refractivity contribution < 1.29 is 18.7 Å². The quantitative estimate of drug-likeness (QED) is 0.167. The molecule has 0 aliphatic heterocycles. The van der Waals surface area contributed by atoms with Crippen LogP contribution in [0.15, 0.2) is 0 Å². The third-order valence-electron chi connectivity index (χ3n) is 11.5. The minimum absolute atomic E-state index is 0.0853. The third-order valence-corrected chi connectivity index (χ3v) is 11.5. The first-order valence-electron chi connectivity index (χ1n) is 17.6. The normalized spacial score (nSPS) is 35.9. The van der Waals surface area contributed by atoms with Crippen molar-refractivity contribution in [2.75, 3.05) is 7.11 Å². The van der Waals surface area contributed by atoms with Crippen LogP contribution in [0.25, 0.3) is 0 Å². The van der Waals surface area contributed by atoms with E-state index in [9.17, 15) is 14.0 Å². The van der Waals surface area contributed by atoms with Crippen LogP contribution in [0.2, 0.25) is 0 Å². The van der Waals surface area contributed by atoms with Gasteiger partial charge in [-0.2, -0.15) is 0 Å². The first-order chi connectivity index (χ1) is 19.6. The Hall–Kier alpha value is -0.970. The van der Waals surface area contributed by atoms with E-state index in [1.807, 2.05) is 27.7 Å². The fourth-order valence-electron chi connectivity index (χ4n) is 9.48. The second-order valence-electron chi connectivity index (χ2n) is 13.3. The van der Waals surface area contributed by atoms with Crippen LogP contribution in [0.3, 0.4) is 0 Å². The highest BCUT2D eigenvalue weighted by molar-refractivity contribution is 5.86. The van der Waals surface area contributed by atoms with Gasteiger partial charge < -0.3 is 10.5 Å². The Kier molecular flexibility index (Phi) is 17.3. The lowest BCUT2D eigenvalue weighted by molar-refractivity contribution is -0.167. The molecule has 9 atom stereocenters. The van der Waals surface area contributed by atoms with Crippen LogP contribution >= 0.6 is 0 Å². The third kappa shape index (κ3) is 9.02. The molecule has 41 heavy (non-hydrogen) atoms. The number of rotatable bonds is 9. The molecule has 5 heteroatoms. The molecule has 0 aromatic carbocycles. The maximum Gasteiger partial charge on any atom is 0.305 e. The minimum Gasteiger partial charge on any atom is -0.469 e. The highest BCUT2D eigenvalue weighted by atomic mass is 19.1. The lowest BCUT2D eigenvalue weighted by Crippen LogP contribution is -2.59. The largest absolute Gasteiger partial charge is 0.469 e. The van der Waals surface area contributed by atoms with E-state index in [-0.39, 0.29) is 5.97 Å². The standard InChI is InChI=1S/C26H42O3.C6H14FN.2C2H6/c1-5-18-19-10-6-7-15-26(19,3)21-14-16-25(2)17(9-8-11-22(27)29-4)12-13-20(25)23(21)24(18)28;1-2-3-4-5-6(7)8;2*1-2/h17-21,23H,5-16H2,1-4H3;6H,2-5,8H2,1H3;2*1-2H3/t17?,18-,19?,20?,21+,23?,25?,26?;;;/m1.../s1. The van der Waals surface area contributed by atoms with Crippen LogP contribution in [0.1, 0.15) is 158 Å². The number of ether oxygens (including phenoxy) is 1. The van der Waals surface area contributed by atoms with Gasteiger partial charge in [-0.3, -0.25) is 9.59 Å². The van der Waals surface area contributed by atoms with Gasteiger partial charge in [-0.05, 0) is 105 Å². The molecule has 4 aliphatic carbocycles. The van der Waals surface area contributed by atoms with Crippen molar-refractivity contribution >= 4 is 11.8 Å². The highest BCUT2D eigenvalue weighted by Gasteiger charge is 2.63. The molecule has 0 aromatic heterocycles. The maximum absolute atomic E-state index is 13.9. The minimum atomic E-state index is -1.10. The molecule has 0 aromatic rings. The number of carbonyl (C=O) groups is 2. The van der Waals surface area contributed by atoms with Gasteiger partial charge in [0.15, 0.2) is 0 Å². The predicted molar refractivity (Wildman–Crippen MR) is 171 cm³/mol. The summed E-state index contributed by atoms with van der Waals surface area (Å²) in [6.07, 6.45) is 16.5. The van der Waals surface area contributed by atoms with Crippen LogP contribution < -0.4 is 5.73 Å². The number of ketones is 1. The summed E-state index contributed by atoms with van der Waals surface area (Å²) in [5.41, 5.74) is 5.55. The zero-order valence-corrected chi connectivity index (χ0v) is 28.5. The SMILES string of the molecule is CC.CC.CCCCCC(N)F.CC[C@H]1C(=O)C2C3CCC(CCCC(=O)OC)C3(C)CC[C@@H]2C2(C)CCCCC12. The molecule has 7 unspecified atom stereocenters. The number of hydrogen-bond donors (Lipinski definition) is 1. The molecule has 2 N–H and O–H groups in total. The second kappa shape index (κ2) is 18.6. The molecule has 4 fully saturated rings. The number of fused-ring (bicyclic) bond motifs is 5. The van der Waals surface area contributed by atoms with Gasteiger partial charge in [0.1, 0.15) is 12.1 Å². The number of methoxy groups -OCH3 is 1. The van der Waals surface area contributed by atoms with Crippen molar-refractivity contribution in [3.63, 3.8) is 0 Å². The zero-order valence-electron chi connectivity index (χ0n) is 28.5. The Morgan fingerprint density at radius 2 is 1.59 bits per heavy atom. The van der Waals surface area contributed by atoms with Crippen LogP contribution in [-0.4, -0.2) is 25.2 Å². The lowest BCUT2D eigenvalue weighted by atomic mass is 9.42. The number of carbonyl (C=O) groups excluding carboxylic acids is 2. The molecular formula is C36H68FNO3. The second-order valence-corrected chi connectivity index (χ2v) is 13.3. The van der Waals surface area contributed by atoms with Crippen molar-refractivity contribution in [3.8, 4) is 0 Å². The van der Waals surface area contributed by atoms with Crippen molar-refractivity contribution in [1.29, 1.82) is 0 Å². The van der Waals surface area contributed by atoms with Gasteiger partial charge >= 0.3 is 5.97 Å². The number of unbranched alkanes of at least 4 members (excludes halogenated alkanes) is 2. The Labute approximate surface area is 253 Å². The van der Waals surface area contributed by atoms with E-state index in [0.29, 0.717) is 65.0 Å². The van der Waals surface area contributed by atoms with E-state index in [0.717, 1.165) is 38.5 Å². The first kappa shape index (κ1) is 38.1. The first-order valence-corrected chi connectivity index (χ1v) is 17.6. The Balaban J connectivity index is 0.000000601. The summed E-state index contributed by atoms with van der Waals surface area (Å²) in [7, 11) is 1.48. The number of alkyl halides is 1. The molecule has 0 heterocycles. The molecule has 0 radical (unpaired) electrons. The van der Waals surface area contributed by atoms with Gasteiger partial charge in [-0.25, -0.2) is 4.39 Å². The van der Waals surface area contributed by atoms with Gasteiger partial charge in [0.25, 0.3) is 0 Å². The number of hydrogen-bond acceptors (Lipinski definition) is 4. The van der Waals surface area contributed by atoms with Gasteiger partial charge in [0.05, 0.1) is 7.11 Å². The topological polar surface area (TPSA) is 69.4 Å². The Morgan fingerprint density at radius 3 is 2.17 bits per heavy atom. The molecule has 4 nitrogen and oxygen atoms in total. The highest BCUT2D eigenvalue weighted by Crippen LogP contribution is 2.68. The molecule has 4 rings (SSSR count). The molecule has 4 saturated carbocycles. The fraction of sp³-hybridized carbons (Fsp3) is 0.944. The molecule has 0 spiro atoms. The lowest BCUT2D eigenvalue weighted by Gasteiger charge is -2.61. The molecular weight excluding hydrogens is 513 g/mol. The van der Waals surface area contributed by atoms with Crippen LogP contribution in [0, 0.1) is 46.3 Å². The Bertz CT molecular complexity index is 757. The van der Waals surface area contributed by atoms with Crippen molar-refractivity contribution in [1.82, 2.24) is 0 Å². The van der Waals surface area contributed by atoms with Gasteiger partial charge in [-0.1, -0.05) is 81.1 Å². The van der Waals surface area contributed by atoms with E-state index in [4.69, 9.17) is 10.5 Å². The van der Waals surface area contributed by atoms with Gasteiger partial charge in [0, 0.05) is 18.3 Å². The van der Waals surface area contributed by atoms with E-state index >= 15 is 0 Å². The summed E-state index contributed by atoms with van der Waals surface area (Å²) < 4.78 is 16.6. The summed E-state index contributed by atoms with van der Waals surface area (Å²) in [6.45, 7) is 17.4. The molecule has 0 saturated heterocycles. The average Bonchev–Trinajstić information content (AvgIpc) is 3.31. The van der Waals surface area contributed by atoms with Gasteiger partial charge in [-0.15, -0.1) is 0 Å². The zero-order chi connectivity index (χ0) is 31.2. The van der Waals surface area contributed by atoms with Crippen LogP contribution in [0.4, 0.5) is 4.39 Å².